The molecule has 0 amide bonds. The molecule has 5 heteroatoms. The Hall–Kier alpha value is -2.30. The Kier molecular flexibility index (Phi) is 2.78. The lowest BCUT2D eigenvalue weighted by Gasteiger charge is -2.08. The first-order chi connectivity index (χ1) is 9.47. The van der Waals surface area contributed by atoms with E-state index in [2.05, 4.69) is 0 Å². The highest BCUT2D eigenvalue weighted by Crippen LogP contribution is 2.32. The molecule has 0 atom stereocenters. The molecular formula is C15H12F3N2+. The highest BCUT2D eigenvalue weighted by atomic mass is 19.4. The van der Waals surface area contributed by atoms with E-state index < -0.39 is 11.7 Å². The highest BCUT2D eigenvalue weighted by Gasteiger charge is 2.32. The van der Waals surface area contributed by atoms with Crippen LogP contribution in [0.3, 0.4) is 0 Å². The van der Waals surface area contributed by atoms with Gasteiger partial charge in [-0.15, -0.1) is 0 Å². The number of fused-ring (bicyclic) bond motifs is 1. The maximum atomic E-state index is 12.8. The van der Waals surface area contributed by atoms with Crippen molar-refractivity contribution in [2.24, 2.45) is 5.73 Å². The molecular weight excluding hydrogens is 265 g/mol. The molecule has 2 N–H and O–H groups in total. The molecule has 1 heterocycles. The fourth-order valence-electron chi connectivity index (χ4n) is 2.39. The molecule has 2 aromatic carbocycles. The average molecular weight is 277 g/mol. The number of hydrogen-bond acceptors (Lipinski definition) is 1. The van der Waals surface area contributed by atoms with Crippen LogP contribution in [0.25, 0.3) is 0 Å². The molecule has 0 aromatic heterocycles. The van der Waals surface area contributed by atoms with Crippen molar-refractivity contribution in [3.05, 3.63) is 65.2 Å². The molecule has 0 saturated carbocycles. The van der Waals surface area contributed by atoms with Gasteiger partial charge >= 0.3 is 6.18 Å². The predicted molar refractivity (Wildman–Crippen MR) is 69.8 cm³/mol. The molecule has 20 heavy (non-hydrogen) atoms. The van der Waals surface area contributed by atoms with Crippen molar-refractivity contribution in [2.45, 2.75) is 12.7 Å². The van der Waals surface area contributed by atoms with Crippen LogP contribution in [0.15, 0.2) is 48.5 Å². The van der Waals surface area contributed by atoms with Crippen molar-refractivity contribution in [3.63, 3.8) is 0 Å². The average Bonchev–Trinajstić information content (AvgIpc) is 2.76. The monoisotopic (exact) mass is 277 g/mol. The Bertz CT molecular complexity index is 702. The van der Waals surface area contributed by atoms with Gasteiger partial charge in [0.05, 0.1) is 11.1 Å². The van der Waals surface area contributed by atoms with Crippen molar-refractivity contribution in [1.29, 1.82) is 0 Å². The van der Waals surface area contributed by atoms with Crippen molar-refractivity contribution in [1.82, 2.24) is 0 Å². The molecule has 0 saturated heterocycles. The number of nitrogens with zero attached hydrogens (tertiary/aromatic N) is 1. The largest absolute Gasteiger partial charge is 0.416 e. The minimum Gasteiger partial charge on any atom is -0.286 e. The maximum Gasteiger partial charge on any atom is 0.416 e. The minimum absolute atomic E-state index is 0.452. The van der Waals surface area contributed by atoms with Gasteiger partial charge in [0.25, 0.3) is 5.84 Å². The van der Waals surface area contributed by atoms with Gasteiger partial charge in [0.1, 0.15) is 12.2 Å². The third-order valence-electron chi connectivity index (χ3n) is 3.40. The zero-order valence-corrected chi connectivity index (χ0v) is 10.5. The fraction of sp³-hybridized carbons (Fsp3) is 0.133. The van der Waals surface area contributed by atoms with Crippen LogP contribution in [0.1, 0.15) is 16.7 Å². The SMILES string of the molecule is NC1=[N+](c2cccc(C(F)(F)F)c2)Cc2ccccc21. The summed E-state index contributed by atoms with van der Waals surface area (Å²) >= 11 is 0. The van der Waals surface area contributed by atoms with Crippen LogP contribution in [0.2, 0.25) is 0 Å². The van der Waals surface area contributed by atoms with Crippen molar-refractivity contribution in [3.8, 4) is 0 Å². The second-order valence-electron chi connectivity index (χ2n) is 4.68. The highest BCUT2D eigenvalue weighted by molar-refractivity contribution is 5.97. The first-order valence-corrected chi connectivity index (χ1v) is 6.12. The Morgan fingerprint density at radius 1 is 1.00 bits per heavy atom. The summed E-state index contributed by atoms with van der Waals surface area (Å²) in [6.07, 6.45) is -4.35. The molecule has 1 aliphatic rings. The van der Waals surface area contributed by atoms with Gasteiger partial charge in [-0.1, -0.05) is 24.3 Å². The molecule has 0 aliphatic carbocycles. The van der Waals surface area contributed by atoms with Crippen LogP contribution in [-0.2, 0) is 12.7 Å². The lowest BCUT2D eigenvalue weighted by Crippen LogP contribution is -2.20. The summed E-state index contributed by atoms with van der Waals surface area (Å²) in [5.74, 6) is 0.486. The van der Waals surface area contributed by atoms with Crippen LogP contribution >= 0.6 is 0 Å². The molecule has 0 spiro atoms. The topological polar surface area (TPSA) is 29.0 Å². The number of alkyl halides is 3. The number of halogens is 3. The normalized spacial score (nSPS) is 14.6. The molecule has 0 unspecified atom stereocenters. The number of amidine groups is 1. The summed E-state index contributed by atoms with van der Waals surface area (Å²) in [5.41, 5.74) is 7.72. The molecule has 0 bridgehead atoms. The Morgan fingerprint density at radius 2 is 1.75 bits per heavy atom. The number of nitrogens with two attached hydrogens (primary N) is 1. The molecule has 1 aliphatic heterocycles. The summed E-state index contributed by atoms with van der Waals surface area (Å²) in [4.78, 5) is 0. The lowest BCUT2D eigenvalue weighted by molar-refractivity contribution is -0.453. The van der Waals surface area contributed by atoms with Gasteiger partial charge in [0.15, 0.2) is 0 Å². The fourth-order valence-corrected chi connectivity index (χ4v) is 2.39. The standard InChI is InChI=1S/C15H11F3N2/c16-15(17,18)11-5-3-6-12(8-11)20-9-10-4-1-2-7-13(10)14(20)19/h1-8,19H,9H2/p+1. The van der Waals surface area contributed by atoms with E-state index in [1.165, 1.54) is 6.07 Å². The molecule has 2 nitrogen and oxygen atoms in total. The molecule has 2 aromatic rings. The van der Waals surface area contributed by atoms with Crippen molar-refractivity contribution < 1.29 is 17.7 Å². The van der Waals surface area contributed by atoms with Gasteiger partial charge < -0.3 is 0 Å². The summed E-state index contributed by atoms with van der Waals surface area (Å²) < 4.78 is 40.0. The van der Waals surface area contributed by atoms with Crippen molar-refractivity contribution in [2.75, 3.05) is 0 Å². The van der Waals surface area contributed by atoms with Gasteiger partial charge in [0.2, 0.25) is 0 Å². The van der Waals surface area contributed by atoms with E-state index in [-0.39, 0.29) is 0 Å². The number of benzene rings is 2. The summed E-state index contributed by atoms with van der Waals surface area (Å²) in [6, 6.07) is 12.8. The quantitative estimate of drug-likeness (QED) is 0.796. The van der Waals surface area contributed by atoms with E-state index in [9.17, 15) is 13.2 Å². The van der Waals surface area contributed by atoms with Crippen molar-refractivity contribution >= 4 is 11.5 Å². The van der Waals surface area contributed by atoms with Gasteiger partial charge in [-0.2, -0.15) is 13.2 Å². The first kappa shape index (κ1) is 12.7. The summed E-state index contributed by atoms with van der Waals surface area (Å²) in [5, 5.41) is 0. The molecule has 3 rings (SSSR count). The van der Waals surface area contributed by atoms with Crippen LogP contribution in [-0.4, -0.2) is 10.4 Å². The molecule has 0 radical (unpaired) electrons. The second-order valence-corrected chi connectivity index (χ2v) is 4.68. The van der Waals surface area contributed by atoms with E-state index in [1.807, 2.05) is 24.3 Å². The third-order valence-corrected chi connectivity index (χ3v) is 3.40. The van der Waals surface area contributed by atoms with Crippen LogP contribution in [0.5, 0.6) is 0 Å². The van der Waals surface area contributed by atoms with Gasteiger partial charge in [-0.25, -0.2) is 4.58 Å². The van der Waals surface area contributed by atoms with Crippen LogP contribution < -0.4 is 5.73 Å². The van der Waals surface area contributed by atoms with E-state index >= 15 is 0 Å². The maximum absolute atomic E-state index is 12.8. The zero-order valence-electron chi connectivity index (χ0n) is 10.5. The molecule has 0 fully saturated rings. The second kappa shape index (κ2) is 4.37. The number of hydrogen-bond donors (Lipinski definition) is 1. The van der Waals surface area contributed by atoms with Gasteiger partial charge in [-0.3, -0.25) is 5.73 Å². The van der Waals surface area contributed by atoms with E-state index in [4.69, 9.17) is 5.73 Å². The van der Waals surface area contributed by atoms with Gasteiger partial charge in [-0.05, 0) is 24.3 Å². The van der Waals surface area contributed by atoms with E-state index in [0.717, 1.165) is 23.3 Å². The lowest BCUT2D eigenvalue weighted by atomic mass is 10.1. The Morgan fingerprint density at radius 3 is 2.45 bits per heavy atom. The zero-order chi connectivity index (χ0) is 14.3. The van der Waals surface area contributed by atoms with E-state index in [0.29, 0.717) is 18.1 Å². The Balaban J connectivity index is 2.06. The third kappa shape index (κ3) is 2.05. The van der Waals surface area contributed by atoms with Crippen LogP contribution in [0.4, 0.5) is 18.9 Å². The minimum atomic E-state index is -4.35. The first-order valence-electron chi connectivity index (χ1n) is 6.12. The smallest absolute Gasteiger partial charge is 0.286 e. The van der Waals surface area contributed by atoms with Crippen LogP contribution in [0, 0.1) is 0 Å². The van der Waals surface area contributed by atoms with Gasteiger partial charge in [0, 0.05) is 5.56 Å². The molecule has 102 valence electrons. The summed E-state index contributed by atoms with van der Waals surface area (Å²) in [7, 11) is 0. The Labute approximate surface area is 114 Å². The summed E-state index contributed by atoms with van der Waals surface area (Å²) in [6.45, 7) is 0.489. The number of rotatable bonds is 1. The predicted octanol–water partition coefficient (Wildman–Crippen LogP) is 3.27. The van der Waals surface area contributed by atoms with E-state index in [1.54, 1.807) is 10.6 Å².